The summed E-state index contributed by atoms with van der Waals surface area (Å²) in [5.41, 5.74) is 5.83. The predicted octanol–water partition coefficient (Wildman–Crippen LogP) is 1.10. The molecule has 1 saturated heterocycles. The van der Waals surface area contributed by atoms with Gasteiger partial charge in [-0.25, -0.2) is 8.42 Å². The van der Waals surface area contributed by atoms with Crippen LogP contribution in [0.15, 0.2) is 29.2 Å². The van der Waals surface area contributed by atoms with Crippen molar-refractivity contribution >= 4 is 15.7 Å². The average molecular weight is 318 g/mol. The van der Waals surface area contributed by atoms with Crippen LogP contribution in [0.2, 0.25) is 0 Å². The lowest BCUT2D eigenvalue weighted by Crippen LogP contribution is -2.29. The second-order valence-corrected chi connectivity index (χ2v) is 6.89. The third-order valence-electron chi connectivity index (χ3n) is 3.57. The van der Waals surface area contributed by atoms with Crippen LogP contribution < -0.4 is 5.73 Å². The molecule has 0 saturated carbocycles. The molecule has 1 amide bonds. The van der Waals surface area contributed by atoms with Gasteiger partial charge in [-0.2, -0.15) is 8.78 Å². The van der Waals surface area contributed by atoms with E-state index >= 15 is 0 Å². The maximum absolute atomic E-state index is 12.4. The van der Waals surface area contributed by atoms with Crippen LogP contribution >= 0.6 is 0 Å². The van der Waals surface area contributed by atoms with Gasteiger partial charge in [0.25, 0.3) is 5.91 Å². The number of amides is 1. The fourth-order valence-corrected chi connectivity index (χ4v) is 3.00. The molecule has 0 aromatic heterocycles. The van der Waals surface area contributed by atoms with E-state index < -0.39 is 20.5 Å². The lowest BCUT2D eigenvalue weighted by molar-refractivity contribution is 0.0787. The number of carbonyl (C=O) groups excluding carboxylic acids is 1. The van der Waals surface area contributed by atoms with Crippen molar-refractivity contribution in [2.24, 2.45) is 11.7 Å². The number of likely N-dealkylation sites (tertiary alicyclic amines) is 1. The summed E-state index contributed by atoms with van der Waals surface area (Å²) in [5.74, 6) is -3.44. The van der Waals surface area contributed by atoms with Crippen LogP contribution in [0, 0.1) is 5.92 Å². The maximum atomic E-state index is 12.4. The van der Waals surface area contributed by atoms with Crippen molar-refractivity contribution in [1.82, 2.24) is 4.90 Å². The van der Waals surface area contributed by atoms with Gasteiger partial charge < -0.3 is 10.6 Å². The standard InChI is InChI=1S/C13H16F2N2O3S/c14-13(15)21(19,20)11-3-1-10(2-4-11)12(18)17-6-5-9(7-16)8-17/h1-4,9,13H,5-8,16H2. The number of carbonyl (C=O) groups is 1. The fraction of sp³-hybridized carbons (Fsp3) is 0.462. The second kappa shape index (κ2) is 6.07. The molecule has 1 heterocycles. The number of hydrogen-bond donors (Lipinski definition) is 1. The highest BCUT2D eigenvalue weighted by Gasteiger charge is 2.28. The normalized spacial score (nSPS) is 19.2. The topological polar surface area (TPSA) is 80.5 Å². The molecule has 1 fully saturated rings. The Bertz CT molecular complexity index is 617. The zero-order valence-corrected chi connectivity index (χ0v) is 12.0. The number of nitrogens with two attached hydrogens (primary N) is 1. The van der Waals surface area contributed by atoms with Crippen LogP contribution in [0.5, 0.6) is 0 Å². The maximum Gasteiger partial charge on any atom is 0.341 e. The van der Waals surface area contributed by atoms with Gasteiger partial charge in [-0.3, -0.25) is 4.79 Å². The van der Waals surface area contributed by atoms with Crippen LogP contribution in [0.1, 0.15) is 16.8 Å². The van der Waals surface area contributed by atoms with Crippen LogP contribution in [0.3, 0.4) is 0 Å². The Hall–Kier alpha value is -1.54. The SMILES string of the molecule is NCC1CCN(C(=O)c2ccc(S(=O)(=O)C(F)F)cc2)C1. The van der Waals surface area contributed by atoms with Gasteiger partial charge in [0.05, 0.1) is 4.90 Å². The van der Waals surface area contributed by atoms with Gasteiger partial charge in [0.15, 0.2) is 0 Å². The molecule has 5 nitrogen and oxygen atoms in total. The van der Waals surface area contributed by atoms with Gasteiger partial charge in [0.1, 0.15) is 0 Å². The smallest absolute Gasteiger partial charge is 0.338 e. The first-order chi connectivity index (χ1) is 9.86. The van der Waals surface area contributed by atoms with Crippen molar-refractivity contribution in [3.05, 3.63) is 29.8 Å². The van der Waals surface area contributed by atoms with Crippen molar-refractivity contribution in [3.63, 3.8) is 0 Å². The molecule has 2 N–H and O–H groups in total. The Labute approximate surface area is 121 Å². The lowest BCUT2D eigenvalue weighted by Gasteiger charge is -2.16. The molecular weight excluding hydrogens is 302 g/mol. The number of rotatable bonds is 4. The van der Waals surface area contributed by atoms with Gasteiger partial charge in [-0.15, -0.1) is 0 Å². The molecule has 0 aliphatic carbocycles. The minimum Gasteiger partial charge on any atom is -0.338 e. The second-order valence-electron chi connectivity index (χ2n) is 4.97. The first-order valence-electron chi connectivity index (χ1n) is 6.47. The summed E-state index contributed by atoms with van der Waals surface area (Å²) in [4.78, 5) is 13.3. The molecule has 0 radical (unpaired) electrons. The number of alkyl halides is 2. The quantitative estimate of drug-likeness (QED) is 0.901. The molecule has 116 valence electrons. The molecule has 1 aliphatic heterocycles. The molecule has 1 aromatic rings. The molecule has 2 rings (SSSR count). The zero-order valence-electron chi connectivity index (χ0n) is 11.2. The minimum atomic E-state index is -4.63. The van der Waals surface area contributed by atoms with E-state index in [1.807, 2.05) is 0 Å². The van der Waals surface area contributed by atoms with Crippen LogP contribution in [-0.4, -0.2) is 44.6 Å². The molecule has 1 unspecified atom stereocenters. The molecule has 8 heteroatoms. The highest BCUT2D eigenvalue weighted by molar-refractivity contribution is 7.91. The van der Waals surface area contributed by atoms with E-state index in [1.165, 1.54) is 12.1 Å². The summed E-state index contributed by atoms with van der Waals surface area (Å²) in [7, 11) is -4.63. The highest BCUT2D eigenvalue weighted by Crippen LogP contribution is 2.21. The fourth-order valence-electron chi connectivity index (χ4n) is 2.28. The summed E-state index contributed by atoms with van der Waals surface area (Å²) in [6.07, 6.45) is 0.833. The number of hydrogen-bond acceptors (Lipinski definition) is 4. The third kappa shape index (κ3) is 3.21. The van der Waals surface area contributed by atoms with E-state index in [4.69, 9.17) is 5.73 Å². The van der Waals surface area contributed by atoms with Crippen molar-refractivity contribution < 1.29 is 22.0 Å². The van der Waals surface area contributed by atoms with Gasteiger partial charge in [-0.05, 0) is 43.1 Å². The Morgan fingerprint density at radius 2 is 1.95 bits per heavy atom. The van der Waals surface area contributed by atoms with E-state index in [1.54, 1.807) is 4.90 Å². The number of halogens is 2. The van der Waals surface area contributed by atoms with Gasteiger partial charge in [-0.1, -0.05) is 0 Å². The first kappa shape index (κ1) is 15.8. The summed E-state index contributed by atoms with van der Waals surface area (Å²) in [5, 5.41) is 0. The molecule has 21 heavy (non-hydrogen) atoms. The molecule has 0 bridgehead atoms. The number of benzene rings is 1. The van der Waals surface area contributed by atoms with E-state index in [0.717, 1.165) is 18.6 Å². The number of nitrogens with zero attached hydrogens (tertiary/aromatic N) is 1. The van der Waals surface area contributed by atoms with Crippen molar-refractivity contribution in [1.29, 1.82) is 0 Å². The van der Waals surface area contributed by atoms with E-state index in [9.17, 15) is 22.0 Å². The van der Waals surface area contributed by atoms with Gasteiger partial charge >= 0.3 is 5.76 Å². The largest absolute Gasteiger partial charge is 0.341 e. The van der Waals surface area contributed by atoms with Crippen LogP contribution in [0.4, 0.5) is 8.78 Å². The summed E-state index contributed by atoms with van der Waals surface area (Å²) in [6.45, 7) is 1.67. The third-order valence-corrected chi connectivity index (χ3v) is 4.97. The Kier molecular flexibility index (Phi) is 4.58. The Balaban J connectivity index is 2.15. The van der Waals surface area contributed by atoms with Gasteiger partial charge in [0.2, 0.25) is 9.84 Å². The van der Waals surface area contributed by atoms with Crippen LogP contribution in [0.25, 0.3) is 0 Å². The average Bonchev–Trinajstić information content (AvgIpc) is 2.95. The summed E-state index contributed by atoms with van der Waals surface area (Å²) in [6, 6.07) is 4.58. The van der Waals surface area contributed by atoms with Gasteiger partial charge in [0, 0.05) is 18.7 Å². The van der Waals surface area contributed by atoms with Crippen molar-refractivity contribution in [2.75, 3.05) is 19.6 Å². The molecule has 0 spiro atoms. The number of sulfone groups is 1. The van der Waals surface area contributed by atoms with Crippen molar-refractivity contribution in [3.8, 4) is 0 Å². The lowest BCUT2D eigenvalue weighted by atomic mass is 10.1. The zero-order chi connectivity index (χ0) is 15.6. The molecule has 1 atom stereocenters. The van der Waals surface area contributed by atoms with Crippen molar-refractivity contribution in [2.45, 2.75) is 17.1 Å². The highest BCUT2D eigenvalue weighted by atomic mass is 32.2. The predicted molar refractivity (Wildman–Crippen MR) is 72.7 cm³/mol. The van der Waals surface area contributed by atoms with Crippen LogP contribution in [-0.2, 0) is 9.84 Å². The monoisotopic (exact) mass is 318 g/mol. The van der Waals surface area contributed by atoms with E-state index in [2.05, 4.69) is 0 Å². The first-order valence-corrected chi connectivity index (χ1v) is 8.02. The summed E-state index contributed by atoms with van der Waals surface area (Å²) < 4.78 is 47.4. The molecule has 1 aliphatic rings. The summed E-state index contributed by atoms with van der Waals surface area (Å²) >= 11 is 0. The van der Waals surface area contributed by atoms with E-state index in [0.29, 0.717) is 19.6 Å². The Morgan fingerprint density at radius 3 is 2.43 bits per heavy atom. The van der Waals surface area contributed by atoms with E-state index in [-0.39, 0.29) is 17.4 Å². The molecular formula is C13H16F2N2O3S. The molecule has 1 aromatic carbocycles. The Morgan fingerprint density at radius 1 is 1.33 bits per heavy atom. The minimum absolute atomic E-state index is 0.244.